The first kappa shape index (κ1) is 15.1. The Morgan fingerprint density at radius 3 is 2.53 bits per heavy atom. The van der Waals surface area contributed by atoms with Gasteiger partial charge >= 0.3 is 0 Å². The molecule has 1 heterocycles. The van der Waals surface area contributed by atoms with Gasteiger partial charge in [0.15, 0.2) is 0 Å². The first-order valence-electron chi connectivity index (χ1n) is 8.07. The Labute approximate surface area is 119 Å². The number of hydrogen-bond donors (Lipinski definition) is 1. The van der Waals surface area contributed by atoms with E-state index in [1.165, 1.54) is 50.8 Å². The zero-order valence-electron chi connectivity index (χ0n) is 13.2. The van der Waals surface area contributed by atoms with Crippen LogP contribution in [0, 0.1) is 11.3 Å². The first-order chi connectivity index (χ1) is 8.95. The molecular weight excluding hydrogens is 232 g/mol. The van der Waals surface area contributed by atoms with Crippen molar-refractivity contribution in [1.82, 2.24) is 10.2 Å². The predicted octanol–water partition coefficient (Wildman–Crippen LogP) is 3.44. The van der Waals surface area contributed by atoms with E-state index in [0.717, 1.165) is 25.0 Å². The highest BCUT2D eigenvalue weighted by Crippen LogP contribution is 2.34. The summed E-state index contributed by atoms with van der Waals surface area (Å²) in [7, 11) is 0. The lowest BCUT2D eigenvalue weighted by Crippen LogP contribution is -2.31. The SMILES string of the molecule is C=C(CNC1CC1)CN1CCCC(C(C)(C)C)CC1. The lowest BCUT2D eigenvalue weighted by molar-refractivity contribution is 0.210. The second-order valence-corrected chi connectivity index (χ2v) is 7.68. The summed E-state index contributed by atoms with van der Waals surface area (Å²) in [5, 5.41) is 3.57. The molecule has 1 aliphatic carbocycles. The minimum Gasteiger partial charge on any atom is -0.310 e. The molecule has 1 unspecified atom stereocenters. The lowest BCUT2D eigenvalue weighted by Gasteiger charge is -2.30. The van der Waals surface area contributed by atoms with Gasteiger partial charge in [-0.3, -0.25) is 4.90 Å². The fourth-order valence-electron chi connectivity index (χ4n) is 3.13. The van der Waals surface area contributed by atoms with Crippen molar-refractivity contribution in [2.75, 3.05) is 26.2 Å². The summed E-state index contributed by atoms with van der Waals surface area (Å²) in [6.45, 7) is 16.1. The molecule has 0 aromatic rings. The van der Waals surface area contributed by atoms with E-state index >= 15 is 0 Å². The molecule has 110 valence electrons. The molecule has 1 atom stereocenters. The molecule has 2 fully saturated rings. The summed E-state index contributed by atoms with van der Waals surface area (Å²) in [5.41, 5.74) is 1.83. The molecule has 2 nitrogen and oxygen atoms in total. The van der Waals surface area contributed by atoms with Crippen molar-refractivity contribution in [2.24, 2.45) is 11.3 Å². The van der Waals surface area contributed by atoms with E-state index in [1.807, 2.05) is 0 Å². The average molecular weight is 264 g/mol. The molecule has 1 N–H and O–H groups in total. The lowest BCUT2D eigenvalue weighted by atomic mass is 9.77. The Morgan fingerprint density at radius 2 is 1.89 bits per heavy atom. The smallest absolute Gasteiger partial charge is 0.0202 e. The molecule has 19 heavy (non-hydrogen) atoms. The van der Waals surface area contributed by atoms with Gasteiger partial charge in [0.1, 0.15) is 0 Å². The van der Waals surface area contributed by atoms with E-state index in [0.29, 0.717) is 5.41 Å². The fourth-order valence-corrected chi connectivity index (χ4v) is 3.13. The normalized spacial score (nSPS) is 26.2. The van der Waals surface area contributed by atoms with E-state index in [4.69, 9.17) is 0 Å². The minimum atomic E-state index is 0.473. The average Bonchev–Trinajstić information content (AvgIpc) is 3.12. The number of rotatable bonds is 5. The van der Waals surface area contributed by atoms with Gasteiger partial charge in [-0.05, 0) is 62.1 Å². The Kier molecular flexibility index (Phi) is 5.08. The van der Waals surface area contributed by atoms with Crippen molar-refractivity contribution >= 4 is 0 Å². The summed E-state index contributed by atoms with van der Waals surface area (Å²) >= 11 is 0. The maximum Gasteiger partial charge on any atom is 0.0202 e. The largest absolute Gasteiger partial charge is 0.310 e. The second-order valence-electron chi connectivity index (χ2n) is 7.68. The van der Waals surface area contributed by atoms with Gasteiger partial charge in [0.2, 0.25) is 0 Å². The maximum atomic E-state index is 4.24. The van der Waals surface area contributed by atoms with Gasteiger partial charge in [-0.15, -0.1) is 0 Å². The van der Waals surface area contributed by atoms with Crippen LogP contribution in [0.5, 0.6) is 0 Å². The van der Waals surface area contributed by atoms with Crippen LogP contribution in [0.4, 0.5) is 0 Å². The highest BCUT2D eigenvalue weighted by atomic mass is 15.1. The van der Waals surface area contributed by atoms with Crippen LogP contribution >= 0.6 is 0 Å². The molecule has 2 rings (SSSR count). The van der Waals surface area contributed by atoms with Gasteiger partial charge in [0, 0.05) is 19.1 Å². The molecule has 0 aromatic heterocycles. The van der Waals surface area contributed by atoms with Gasteiger partial charge < -0.3 is 5.32 Å². The van der Waals surface area contributed by atoms with Crippen molar-refractivity contribution in [1.29, 1.82) is 0 Å². The molecule has 0 radical (unpaired) electrons. The van der Waals surface area contributed by atoms with Gasteiger partial charge in [0.25, 0.3) is 0 Å². The van der Waals surface area contributed by atoms with E-state index in [-0.39, 0.29) is 0 Å². The van der Waals surface area contributed by atoms with Gasteiger partial charge in [-0.25, -0.2) is 0 Å². The number of nitrogens with zero attached hydrogens (tertiary/aromatic N) is 1. The van der Waals surface area contributed by atoms with Crippen molar-refractivity contribution in [3.63, 3.8) is 0 Å². The molecule has 2 aliphatic rings. The molecular formula is C17H32N2. The Hall–Kier alpha value is -0.340. The molecule has 1 saturated carbocycles. The van der Waals surface area contributed by atoms with Crippen LogP contribution in [0.25, 0.3) is 0 Å². The molecule has 1 aliphatic heterocycles. The van der Waals surface area contributed by atoms with Gasteiger partial charge in [-0.1, -0.05) is 27.4 Å². The van der Waals surface area contributed by atoms with Crippen LogP contribution in [0.1, 0.15) is 52.9 Å². The summed E-state index contributed by atoms with van der Waals surface area (Å²) in [6, 6.07) is 0.797. The molecule has 0 aromatic carbocycles. The molecule has 1 saturated heterocycles. The summed E-state index contributed by atoms with van der Waals surface area (Å²) in [5.74, 6) is 0.885. The van der Waals surface area contributed by atoms with Crippen LogP contribution < -0.4 is 5.32 Å². The summed E-state index contributed by atoms with van der Waals surface area (Å²) in [6.07, 6.45) is 6.83. The van der Waals surface area contributed by atoms with Gasteiger partial charge in [-0.2, -0.15) is 0 Å². The fraction of sp³-hybridized carbons (Fsp3) is 0.882. The van der Waals surface area contributed by atoms with Crippen LogP contribution in [0.3, 0.4) is 0 Å². The maximum absolute atomic E-state index is 4.24. The summed E-state index contributed by atoms with van der Waals surface area (Å²) < 4.78 is 0. The van der Waals surface area contributed by atoms with E-state index in [2.05, 4.69) is 37.6 Å². The van der Waals surface area contributed by atoms with E-state index in [1.54, 1.807) is 0 Å². The quantitative estimate of drug-likeness (QED) is 0.765. The number of nitrogens with one attached hydrogen (secondary N) is 1. The standard InChI is InChI=1S/C17H32N2/c1-14(12-18-16-7-8-16)13-19-10-5-6-15(9-11-19)17(2,3)4/h15-16,18H,1,5-13H2,2-4H3. The Balaban J connectivity index is 1.70. The van der Waals surface area contributed by atoms with E-state index in [9.17, 15) is 0 Å². The van der Waals surface area contributed by atoms with Crippen LogP contribution in [-0.4, -0.2) is 37.1 Å². The highest BCUT2D eigenvalue weighted by molar-refractivity contribution is 5.02. The third-order valence-electron chi connectivity index (χ3n) is 4.71. The monoisotopic (exact) mass is 264 g/mol. The molecule has 0 spiro atoms. The Bertz CT molecular complexity index is 299. The zero-order chi connectivity index (χ0) is 13.9. The predicted molar refractivity (Wildman–Crippen MR) is 83.4 cm³/mol. The van der Waals surface area contributed by atoms with Crippen LogP contribution in [-0.2, 0) is 0 Å². The van der Waals surface area contributed by atoms with Crippen LogP contribution in [0.15, 0.2) is 12.2 Å². The zero-order valence-corrected chi connectivity index (χ0v) is 13.2. The first-order valence-corrected chi connectivity index (χ1v) is 8.07. The third kappa shape index (κ3) is 5.27. The number of hydrogen-bond acceptors (Lipinski definition) is 2. The molecule has 0 bridgehead atoms. The van der Waals surface area contributed by atoms with E-state index < -0.39 is 0 Å². The van der Waals surface area contributed by atoms with Crippen molar-refractivity contribution in [3.8, 4) is 0 Å². The van der Waals surface area contributed by atoms with Crippen LogP contribution in [0.2, 0.25) is 0 Å². The summed E-state index contributed by atoms with van der Waals surface area (Å²) in [4.78, 5) is 2.61. The molecule has 0 amide bonds. The third-order valence-corrected chi connectivity index (χ3v) is 4.71. The second kappa shape index (κ2) is 6.41. The van der Waals surface area contributed by atoms with Crippen molar-refractivity contribution in [3.05, 3.63) is 12.2 Å². The molecule has 2 heteroatoms. The van der Waals surface area contributed by atoms with Crippen molar-refractivity contribution in [2.45, 2.75) is 58.9 Å². The number of likely N-dealkylation sites (tertiary alicyclic amines) is 1. The topological polar surface area (TPSA) is 15.3 Å². The minimum absolute atomic E-state index is 0.473. The van der Waals surface area contributed by atoms with Gasteiger partial charge in [0.05, 0.1) is 0 Å². The Morgan fingerprint density at radius 1 is 1.16 bits per heavy atom. The van der Waals surface area contributed by atoms with Crippen molar-refractivity contribution < 1.29 is 0 Å². The highest BCUT2D eigenvalue weighted by Gasteiger charge is 2.27.